The minimum Gasteiger partial charge on any atom is -0.495 e. The summed E-state index contributed by atoms with van der Waals surface area (Å²) >= 11 is 1.35. The third-order valence-corrected chi connectivity index (χ3v) is 6.97. The van der Waals surface area contributed by atoms with Crippen molar-refractivity contribution < 1.29 is 14.3 Å². The van der Waals surface area contributed by atoms with Crippen LogP contribution in [0.5, 0.6) is 5.75 Å². The molecule has 0 unspecified atom stereocenters. The lowest BCUT2D eigenvalue weighted by molar-refractivity contribution is -0.120. The van der Waals surface area contributed by atoms with Crippen LogP contribution in [0, 0.1) is 0 Å². The largest absolute Gasteiger partial charge is 0.495 e. The van der Waals surface area contributed by atoms with Crippen LogP contribution in [0.25, 0.3) is 10.9 Å². The lowest BCUT2D eigenvalue weighted by Crippen LogP contribution is -2.29. The first-order valence-corrected chi connectivity index (χ1v) is 12.4. The number of amides is 2. The number of thioether (sulfide) groups is 1. The Morgan fingerprint density at radius 2 is 1.69 bits per heavy atom. The fourth-order valence-electron chi connectivity index (χ4n) is 3.86. The van der Waals surface area contributed by atoms with Crippen molar-refractivity contribution in [2.24, 2.45) is 0 Å². The molecule has 0 radical (unpaired) electrons. The maximum atomic E-state index is 13.4. The van der Waals surface area contributed by atoms with Crippen LogP contribution < -0.4 is 15.4 Å². The number of methoxy groups -OCH3 is 1. The summed E-state index contributed by atoms with van der Waals surface area (Å²) in [5, 5.41) is 6.94. The quantitative estimate of drug-likeness (QED) is 0.319. The third-order valence-electron chi connectivity index (χ3n) is 5.80. The zero-order valence-electron chi connectivity index (χ0n) is 19.2. The predicted molar refractivity (Wildman–Crippen MR) is 139 cm³/mol. The Kier molecular flexibility index (Phi) is 6.68. The summed E-state index contributed by atoms with van der Waals surface area (Å²) in [5.74, 6) is 0.266. The van der Waals surface area contributed by atoms with Gasteiger partial charge in [-0.05, 0) is 42.7 Å². The van der Waals surface area contributed by atoms with E-state index in [4.69, 9.17) is 9.72 Å². The molecule has 1 atom stereocenters. The van der Waals surface area contributed by atoms with E-state index in [1.54, 1.807) is 25.3 Å². The molecular weight excluding hydrogens is 458 g/mol. The van der Waals surface area contributed by atoms with Crippen LogP contribution >= 0.6 is 11.8 Å². The van der Waals surface area contributed by atoms with Crippen molar-refractivity contribution in [3.05, 3.63) is 96.1 Å². The summed E-state index contributed by atoms with van der Waals surface area (Å²) < 4.78 is 5.38. The summed E-state index contributed by atoms with van der Waals surface area (Å²) in [6.07, 6.45) is 2.03. The molecule has 1 aliphatic rings. The monoisotopic (exact) mass is 483 g/mol. The summed E-state index contributed by atoms with van der Waals surface area (Å²) in [4.78, 5) is 31.3. The summed E-state index contributed by atoms with van der Waals surface area (Å²) in [5.41, 5.74) is 2.65. The molecular formula is C28H25N3O3S. The molecule has 3 aromatic carbocycles. The summed E-state index contributed by atoms with van der Waals surface area (Å²) in [7, 11) is 1.57. The molecule has 2 amide bonds. The van der Waals surface area contributed by atoms with E-state index in [1.807, 2.05) is 66.7 Å². The lowest BCUT2D eigenvalue weighted by atomic mass is 10.1. The van der Waals surface area contributed by atoms with Gasteiger partial charge in [0.1, 0.15) is 11.0 Å². The molecule has 1 aromatic heterocycles. The van der Waals surface area contributed by atoms with Crippen LogP contribution in [-0.4, -0.2) is 29.9 Å². The predicted octanol–water partition coefficient (Wildman–Crippen LogP) is 5.61. The zero-order valence-corrected chi connectivity index (χ0v) is 20.0. The smallest absolute Gasteiger partial charge is 0.256 e. The van der Waals surface area contributed by atoms with Gasteiger partial charge in [-0.25, -0.2) is 4.98 Å². The highest BCUT2D eigenvalue weighted by atomic mass is 32.2. The number of nitrogens with zero attached hydrogens (tertiary/aromatic N) is 1. The Morgan fingerprint density at radius 3 is 2.46 bits per heavy atom. The van der Waals surface area contributed by atoms with E-state index in [-0.39, 0.29) is 17.9 Å². The van der Waals surface area contributed by atoms with Gasteiger partial charge in [-0.3, -0.25) is 9.59 Å². The third kappa shape index (κ3) is 5.30. The van der Waals surface area contributed by atoms with Gasteiger partial charge in [0.25, 0.3) is 5.91 Å². The van der Waals surface area contributed by atoms with Crippen LogP contribution in [0.15, 0.2) is 90.0 Å². The van der Waals surface area contributed by atoms with E-state index in [9.17, 15) is 9.59 Å². The van der Waals surface area contributed by atoms with Gasteiger partial charge in [0.05, 0.1) is 28.9 Å². The van der Waals surface area contributed by atoms with Crippen molar-refractivity contribution in [1.29, 1.82) is 0 Å². The highest BCUT2D eigenvalue weighted by molar-refractivity contribution is 8.00. The van der Waals surface area contributed by atoms with Gasteiger partial charge >= 0.3 is 0 Å². The Bertz CT molecular complexity index is 1370. The normalized spacial score (nSPS) is 13.7. The SMILES string of the molecule is COc1ccccc1NC(=O)c1cc(S[C@H](C(=O)NC2CC2)c2ccccc2)nc2ccccc12. The topological polar surface area (TPSA) is 80.3 Å². The van der Waals surface area contributed by atoms with E-state index in [1.165, 1.54) is 11.8 Å². The van der Waals surface area contributed by atoms with Crippen molar-refractivity contribution in [1.82, 2.24) is 10.3 Å². The molecule has 0 spiro atoms. The van der Waals surface area contributed by atoms with Gasteiger partial charge in [0, 0.05) is 11.4 Å². The fraction of sp³-hybridized carbons (Fsp3) is 0.179. The number of nitrogens with one attached hydrogen (secondary N) is 2. The van der Waals surface area contributed by atoms with Crippen molar-refractivity contribution in [3.63, 3.8) is 0 Å². The second-order valence-corrected chi connectivity index (χ2v) is 9.50. The Morgan fingerprint density at radius 1 is 0.971 bits per heavy atom. The lowest BCUT2D eigenvalue weighted by Gasteiger charge is -2.18. The number of aromatic nitrogens is 1. The van der Waals surface area contributed by atoms with Crippen LogP contribution in [0.3, 0.4) is 0 Å². The number of fused-ring (bicyclic) bond motifs is 1. The van der Waals surface area contributed by atoms with Crippen molar-refractivity contribution in [3.8, 4) is 5.75 Å². The van der Waals surface area contributed by atoms with Crippen LogP contribution in [-0.2, 0) is 4.79 Å². The maximum Gasteiger partial charge on any atom is 0.256 e. The van der Waals surface area contributed by atoms with Crippen molar-refractivity contribution in [2.75, 3.05) is 12.4 Å². The number of para-hydroxylation sites is 3. The molecule has 5 rings (SSSR count). The Labute approximate surface area is 208 Å². The van der Waals surface area contributed by atoms with Gasteiger partial charge in [0.15, 0.2) is 0 Å². The highest BCUT2D eigenvalue weighted by Crippen LogP contribution is 2.37. The first kappa shape index (κ1) is 22.9. The molecule has 7 heteroatoms. The second-order valence-electron chi connectivity index (χ2n) is 8.37. The average molecular weight is 484 g/mol. The number of carbonyl (C=O) groups excluding carboxylic acids is 2. The zero-order chi connectivity index (χ0) is 24.2. The molecule has 0 aliphatic heterocycles. The number of hydrogen-bond donors (Lipinski definition) is 2. The van der Waals surface area contributed by atoms with Crippen LogP contribution in [0.1, 0.15) is 34.0 Å². The van der Waals surface area contributed by atoms with Gasteiger partial charge < -0.3 is 15.4 Å². The molecule has 1 heterocycles. The molecule has 1 fully saturated rings. The standard InChI is InChI=1S/C28H25N3O3S/c1-34-24-14-8-7-13-23(24)31-27(32)21-17-25(30-22-12-6-5-11-20(21)22)35-26(18-9-3-2-4-10-18)28(33)29-19-15-16-19/h2-14,17,19,26H,15-16H2,1H3,(H,29,33)(H,31,32)/t26-/m0/s1. The molecule has 1 saturated carbocycles. The number of ether oxygens (including phenoxy) is 1. The van der Waals surface area contributed by atoms with E-state index in [2.05, 4.69) is 10.6 Å². The number of pyridine rings is 1. The minimum absolute atomic E-state index is 0.0429. The molecule has 6 nitrogen and oxygen atoms in total. The number of anilines is 1. The average Bonchev–Trinajstić information content (AvgIpc) is 3.71. The molecule has 2 N–H and O–H groups in total. The Hall–Kier alpha value is -3.84. The van der Waals surface area contributed by atoms with E-state index < -0.39 is 5.25 Å². The fourth-order valence-corrected chi connectivity index (χ4v) is 4.91. The summed E-state index contributed by atoms with van der Waals surface area (Å²) in [6, 6.07) is 26.5. The number of carbonyl (C=O) groups is 2. The highest BCUT2D eigenvalue weighted by Gasteiger charge is 2.29. The van der Waals surface area contributed by atoms with Gasteiger partial charge in [-0.15, -0.1) is 0 Å². The van der Waals surface area contributed by atoms with Gasteiger partial charge in [-0.2, -0.15) is 0 Å². The molecule has 4 aromatic rings. The van der Waals surface area contributed by atoms with Gasteiger partial charge in [-0.1, -0.05) is 72.4 Å². The van der Waals surface area contributed by atoms with Gasteiger partial charge in [0.2, 0.25) is 5.91 Å². The molecule has 1 aliphatic carbocycles. The molecule has 176 valence electrons. The van der Waals surface area contributed by atoms with Crippen molar-refractivity contribution in [2.45, 2.75) is 29.2 Å². The second kappa shape index (κ2) is 10.2. The van der Waals surface area contributed by atoms with E-state index in [0.29, 0.717) is 27.5 Å². The first-order valence-electron chi connectivity index (χ1n) is 11.5. The van der Waals surface area contributed by atoms with Crippen molar-refractivity contribution >= 4 is 40.2 Å². The van der Waals surface area contributed by atoms with Crippen LogP contribution in [0.4, 0.5) is 5.69 Å². The molecule has 0 bridgehead atoms. The first-order chi connectivity index (χ1) is 17.1. The minimum atomic E-state index is -0.476. The van der Waals surface area contributed by atoms with E-state index >= 15 is 0 Å². The Balaban J connectivity index is 1.50. The summed E-state index contributed by atoms with van der Waals surface area (Å²) in [6.45, 7) is 0. The van der Waals surface area contributed by atoms with E-state index in [0.717, 1.165) is 23.8 Å². The van der Waals surface area contributed by atoms with Crippen LogP contribution in [0.2, 0.25) is 0 Å². The number of hydrogen-bond acceptors (Lipinski definition) is 5. The molecule has 35 heavy (non-hydrogen) atoms. The number of benzene rings is 3. The number of rotatable bonds is 8. The maximum absolute atomic E-state index is 13.4. The molecule has 0 saturated heterocycles.